The van der Waals surface area contributed by atoms with Crippen LogP contribution in [-0.2, 0) is 4.79 Å². The highest BCUT2D eigenvalue weighted by Gasteiger charge is 2.36. The molecule has 6 nitrogen and oxygen atoms in total. The van der Waals surface area contributed by atoms with Crippen molar-refractivity contribution in [3.8, 4) is 5.75 Å². The molecule has 2 heterocycles. The second kappa shape index (κ2) is 7.79. The van der Waals surface area contributed by atoms with Crippen molar-refractivity contribution in [2.45, 2.75) is 18.9 Å². The van der Waals surface area contributed by atoms with Crippen LogP contribution in [0.2, 0.25) is 0 Å². The molecule has 1 N–H and O–H groups in total. The van der Waals surface area contributed by atoms with E-state index in [9.17, 15) is 9.59 Å². The minimum Gasteiger partial charge on any atom is -0.497 e. The van der Waals surface area contributed by atoms with Crippen molar-refractivity contribution >= 4 is 29.4 Å². The van der Waals surface area contributed by atoms with Crippen molar-refractivity contribution in [3.63, 3.8) is 0 Å². The molecular formula is C17H23N3O3S. The summed E-state index contributed by atoms with van der Waals surface area (Å²) in [5.74, 6) is 2.74. The molecule has 0 saturated carbocycles. The fraction of sp³-hybridized carbons (Fsp3) is 0.529. The van der Waals surface area contributed by atoms with Crippen LogP contribution in [0.3, 0.4) is 0 Å². The van der Waals surface area contributed by atoms with Gasteiger partial charge in [0.1, 0.15) is 11.8 Å². The summed E-state index contributed by atoms with van der Waals surface area (Å²) in [5, 5.41) is 2.88. The van der Waals surface area contributed by atoms with Gasteiger partial charge >= 0.3 is 6.03 Å². The van der Waals surface area contributed by atoms with Crippen LogP contribution in [0.1, 0.15) is 12.8 Å². The number of nitrogens with one attached hydrogen (secondary N) is 1. The van der Waals surface area contributed by atoms with Crippen molar-refractivity contribution in [2.75, 3.05) is 43.6 Å². The van der Waals surface area contributed by atoms with Gasteiger partial charge in [0.2, 0.25) is 5.91 Å². The first-order valence-electron chi connectivity index (χ1n) is 8.27. The van der Waals surface area contributed by atoms with E-state index in [1.54, 1.807) is 18.1 Å². The van der Waals surface area contributed by atoms with Gasteiger partial charge in [0.25, 0.3) is 0 Å². The number of thioether (sulfide) groups is 1. The van der Waals surface area contributed by atoms with Crippen LogP contribution in [0.25, 0.3) is 0 Å². The van der Waals surface area contributed by atoms with Gasteiger partial charge in [-0.05, 0) is 25.0 Å². The number of carbonyl (C=O) groups is 2. The number of rotatable bonds is 3. The third-order valence-corrected chi connectivity index (χ3v) is 5.38. The molecule has 7 heteroatoms. The van der Waals surface area contributed by atoms with Crippen LogP contribution in [0.15, 0.2) is 24.3 Å². The molecule has 24 heavy (non-hydrogen) atoms. The van der Waals surface area contributed by atoms with Crippen LogP contribution in [0, 0.1) is 0 Å². The topological polar surface area (TPSA) is 61.9 Å². The van der Waals surface area contributed by atoms with Crippen molar-refractivity contribution in [1.82, 2.24) is 9.80 Å². The average Bonchev–Trinajstić information content (AvgIpc) is 3.12. The molecule has 2 fully saturated rings. The molecule has 0 radical (unpaired) electrons. The molecule has 0 spiro atoms. The minimum absolute atomic E-state index is 0.0913. The maximum atomic E-state index is 12.7. The van der Waals surface area contributed by atoms with E-state index in [2.05, 4.69) is 5.32 Å². The molecule has 0 aromatic heterocycles. The van der Waals surface area contributed by atoms with E-state index in [4.69, 9.17) is 4.74 Å². The van der Waals surface area contributed by atoms with Gasteiger partial charge in [-0.25, -0.2) is 4.79 Å². The van der Waals surface area contributed by atoms with Crippen LogP contribution in [0.5, 0.6) is 5.75 Å². The summed E-state index contributed by atoms with van der Waals surface area (Å²) in [7, 11) is 1.59. The Bertz CT molecular complexity index is 604. The number of carbonyl (C=O) groups excluding carboxylic acids is 2. The molecule has 1 aromatic carbocycles. The zero-order valence-corrected chi connectivity index (χ0v) is 14.7. The zero-order valence-electron chi connectivity index (χ0n) is 13.9. The van der Waals surface area contributed by atoms with Crippen LogP contribution < -0.4 is 10.1 Å². The third kappa shape index (κ3) is 3.77. The number of likely N-dealkylation sites (tertiary alicyclic amines) is 1. The summed E-state index contributed by atoms with van der Waals surface area (Å²) >= 11 is 1.87. The minimum atomic E-state index is -0.335. The van der Waals surface area contributed by atoms with Gasteiger partial charge in [0.15, 0.2) is 0 Å². The SMILES string of the molecule is COc1cccc(NC(=O)N2CCC[C@@H]2C(=O)N2CCSCC2)c1. The second-order valence-corrected chi connectivity index (χ2v) is 7.18. The monoisotopic (exact) mass is 349 g/mol. The Balaban J connectivity index is 1.65. The predicted molar refractivity (Wildman–Crippen MR) is 95.6 cm³/mol. The van der Waals surface area contributed by atoms with Crippen LogP contribution in [0.4, 0.5) is 10.5 Å². The standard InChI is InChI=1S/C17H23N3O3S/c1-23-14-5-2-4-13(12-14)18-17(22)20-7-3-6-15(20)16(21)19-8-10-24-11-9-19/h2,4-5,12,15H,3,6-11H2,1H3,(H,18,22)/t15-/m1/s1. The van der Waals surface area contributed by atoms with E-state index in [0.29, 0.717) is 18.0 Å². The summed E-state index contributed by atoms with van der Waals surface area (Å²) in [6.07, 6.45) is 1.61. The molecule has 2 aliphatic heterocycles. The number of urea groups is 1. The van der Waals surface area contributed by atoms with Gasteiger partial charge in [-0.1, -0.05) is 6.07 Å². The molecule has 0 bridgehead atoms. The zero-order chi connectivity index (χ0) is 16.9. The summed E-state index contributed by atoms with van der Waals surface area (Å²) in [4.78, 5) is 28.9. The number of hydrogen-bond acceptors (Lipinski definition) is 4. The number of hydrogen-bond donors (Lipinski definition) is 1. The van der Waals surface area contributed by atoms with E-state index >= 15 is 0 Å². The van der Waals surface area contributed by atoms with Gasteiger partial charge in [-0.15, -0.1) is 0 Å². The maximum Gasteiger partial charge on any atom is 0.322 e. The molecule has 0 aliphatic carbocycles. The summed E-state index contributed by atoms with van der Waals surface area (Å²) < 4.78 is 5.17. The van der Waals surface area contributed by atoms with Crippen molar-refractivity contribution < 1.29 is 14.3 Å². The van der Waals surface area contributed by atoms with E-state index in [1.165, 1.54) is 0 Å². The molecule has 1 aromatic rings. The van der Waals surface area contributed by atoms with E-state index in [-0.39, 0.29) is 18.0 Å². The summed E-state index contributed by atoms with van der Waals surface area (Å²) in [5.41, 5.74) is 0.673. The maximum absolute atomic E-state index is 12.7. The molecule has 3 amide bonds. The molecular weight excluding hydrogens is 326 g/mol. The number of methoxy groups -OCH3 is 1. The molecule has 1 atom stereocenters. The Morgan fingerprint density at radius 1 is 1.25 bits per heavy atom. The lowest BCUT2D eigenvalue weighted by Crippen LogP contribution is -2.51. The largest absolute Gasteiger partial charge is 0.497 e. The van der Waals surface area contributed by atoms with Gasteiger partial charge < -0.3 is 19.9 Å². The van der Waals surface area contributed by atoms with Gasteiger partial charge in [-0.3, -0.25) is 4.79 Å². The number of ether oxygens (including phenoxy) is 1. The first-order chi connectivity index (χ1) is 11.7. The third-order valence-electron chi connectivity index (χ3n) is 4.44. The Morgan fingerprint density at radius 3 is 2.79 bits per heavy atom. The van der Waals surface area contributed by atoms with Gasteiger partial charge in [0, 0.05) is 42.9 Å². The lowest BCUT2D eigenvalue weighted by Gasteiger charge is -2.32. The molecule has 130 valence electrons. The summed E-state index contributed by atoms with van der Waals surface area (Å²) in [6, 6.07) is 6.68. The fourth-order valence-electron chi connectivity index (χ4n) is 3.16. The predicted octanol–water partition coefficient (Wildman–Crippen LogP) is 2.27. The second-order valence-electron chi connectivity index (χ2n) is 5.95. The Hall–Kier alpha value is -1.89. The van der Waals surface area contributed by atoms with Crippen LogP contribution in [-0.4, -0.2) is 66.0 Å². The van der Waals surface area contributed by atoms with Crippen molar-refractivity contribution in [3.05, 3.63) is 24.3 Å². The first-order valence-corrected chi connectivity index (χ1v) is 9.43. The van der Waals surface area contributed by atoms with Crippen LogP contribution >= 0.6 is 11.8 Å². The number of amides is 3. The smallest absolute Gasteiger partial charge is 0.322 e. The Kier molecular flexibility index (Phi) is 5.50. The number of anilines is 1. The lowest BCUT2D eigenvalue weighted by atomic mass is 10.2. The van der Waals surface area contributed by atoms with E-state index < -0.39 is 0 Å². The highest BCUT2D eigenvalue weighted by atomic mass is 32.2. The molecule has 2 aliphatic rings. The molecule has 2 saturated heterocycles. The highest BCUT2D eigenvalue weighted by Crippen LogP contribution is 2.23. The Morgan fingerprint density at radius 2 is 2.04 bits per heavy atom. The first kappa shape index (κ1) is 17.0. The van der Waals surface area contributed by atoms with Crippen molar-refractivity contribution in [2.24, 2.45) is 0 Å². The molecule has 3 rings (SSSR count). The normalized spacial score (nSPS) is 20.8. The Labute approximate surface area is 146 Å². The number of nitrogens with zero attached hydrogens (tertiary/aromatic N) is 2. The van der Waals surface area contributed by atoms with Gasteiger partial charge in [-0.2, -0.15) is 11.8 Å². The lowest BCUT2D eigenvalue weighted by molar-refractivity contribution is -0.134. The van der Waals surface area contributed by atoms with E-state index in [0.717, 1.165) is 37.4 Å². The quantitative estimate of drug-likeness (QED) is 0.909. The highest BCUT2D eigenvalue weighted by molar-refractivity contribution is 7.99. The average molecular weight is 349 g/mol. The number of benzene rings is 1. The van der Waals surface area contributed by atoms with E-state index in [1.807, 2.05) is 34.9 Å². The summed E-state index contributed by atoms with van der Waals surface area (Å²) in [6.45, 7) is 2.19. The fourth-order valence-corrected chi connectivity index (χ4v) is 4.06. The van der Waals surface area contributed by atoms with Gasteiger partial charge in [0.05, 0.1) is 7.11 Å². The molecule has 0 unspecified atom stereocenters. The van der Waals surface area contributed by atoms with Crippen molar-refractivity contribution in [1.29, 1.82) is 0 Å².